The minimum atomic E-state index is 0. The van der Waals surface area contributed by atoms with Crippen molar-refractivity contribution in [3.63, 3.8) is 0 Å². The van der Waals surface area contributed by atoms with Crippen molar-refractivity contribution in [3.8, 4) is 0 Å². The molecule has 0 atom stereocenters. The summed E-state index contributed by atoms with van der Waals surface area (Å²) in [6.45, 7) is 25.0. The molecule has 0 spiro atoms. The van der Waals surface area contributed by atoms with Crippen molar-refractivity contribution >= 4 is 0 Å². The Morgan fingerprint density at radius 2 is 0.769 bits per heavy atom. The summed E-state index contributed by atoms with van der Waals surface area (Å²) in [5.41, 5.74) is 13.3. The van der Waals surface area contributed by atoms with Gasteiger partial charge in [-0.15, -0.1) is 0 Å². The van der Waals surface area contributed by atoms with Crippen molar-refractivity contribution in [2.24, 2.45) is 0 Å². The third-order valence-electron chi connectivity index (χ3n) is 5.46. The van der Waals surface area contributed by atoms with Gasteiger partial charge in [-0.2, -0.15) is 80.6 Å². The average molecular weight is 498 g/mol. The van der Waals surface area contributed by atoms with Crippen molar-refractivity contribution in [2.45, 2.75) is 68.2 Å². The minimum absolute atomic E-state index is 0. The molecule has 0 heterocycles. The molecule has 0 amide bonds. The molecule has 0 aliphatic heterocycles. The van der Waals surface area contributed by atoms with Crippen LogP contribution in [0.1, 0.15) is 55.6 Å². The predicted molar refractivity (Wildman–Crippen MR) is 107 cm³/mol. The van der Waals surface area contributed by atoms with E-state index < -0.39 is 0 Å². The average Bonchev–Trinajstić information content (AvgIpc) is 2.58. The van der Waals surface area contributed by atoms with E-state index >= 15 is 0 Å². The predicted octanol–water partition coefficient (Wildman–Crippen LogP) is 6.19. The molecule has 0 aliphatic carbocycles. The summed E-state index contributed by atoms with van der Waals surface area (Å²) >= 11 is 0. The Balaban J connectivity index is 0. The van der Waals surface area contributed by atoms with Gasteiger partial charge in [-0.1, -0.05) is 55.4 Å². The van der Waals surface area contributed by atoms with Crippen LogP contribution in [-0.2, 0) is 78.3 Å². The van der Waals surface area contributed by atoms with E-state index in [9.17, 15) is 0 Å². The van der Waals surface area contributed by atoms with E-state index in [1.807, 2.05) is 0 Å². The van der Waals surface area contributed by atoms with E-state index in [0.717, 1.165) is 12.8 Å². The Labute approximate surface area is 213 Å². The molecule has 0 nitrogen and oxygen atoms in total. The zero-order chi connectivity index (χ0) is 18.6. The molecule has 0 aliphatic rings. The van der Waals surface area contributed by atoms with Crippen LogP contribution in [0.25, 0.3) is 0 Å². The fourth-order valence-electron chi connectivity index (χ4n) is 2.91. The monoisotopic (exact) mass is 498 g/mol. The Morgan fingerprint density at radius 1 is 0.500 bits per heavy atom. The maximum Gasteiger partial charge on any atom is 0 e. The molecule has 0 saturated heterocycles. The summed E-state index contributed by atoms with van der Waals surface area (Å²) in [4.78, 5) is 0. The molecule has 0 saturated carbocycles. The second-order valence-corrected chi connectivity index (χ2v) is 6.71. The van der Waals surface area contributed by atoms with Crippen molar-refractivity contribution in [1.82, 2.24) is 0 Å². The van der Waals surface area contributed by atoms with Crippen LogP contribution in [0.2, 0.25) is 0 Å². The first kappa shape index (κ1) is 28.9. The number of hydrogen-bond donors (Lipinski definition) is 0. The van der Waals surface area contributed by atoms with Crippen LogP contribution in [0, 0.1) is 81.4 Å². The molecule has 0 N–H and O–H groups in total. The van der Waals surface area contributed by atoms with Crippen LogP contribution >= 0.6 is 0 Å². The van der Waals surface area contributed by atoms with Crippen LogP contribution < -0.4 is 0 Å². The topological polar surface area (TPSA) is 0 Å². The van der Waals surface area contributed by atoms with Gasteiger partial charge in [0.1, 0.15) is 0 Å². The maximum absolute atomic E-state index is 3.90. The van der Waals surface area contributed by atoms with Gasteiger partial charge < -0.3 is 13.8 Å². The minimum Gasteiger partial charge on any atom is -0.341 e. The number of hydrogen-bond acceptors (Lipinski definition) is 0. The van der Waals surface area contributed by atoms with Gasteiger partial charge in [-0.3, -0.25) is 0 Å². The summed E-state index contributed by atoms with van der Waals surface area (Å²) in [5, 5.41) is 0. The number of aryl methyl sites for hydroxylation is 2. The molecule has 0 unspecified atom stereocenters. The third-order valence-corrected chi connectivity index (χ3v) is 5.46. The molecule has 2 aromatic rings. The van der Waals surface area contributed by atoms with E-state index in [-0.39, 0.29) is 65.4 Å². The van der Waals surface area contributed by atoms with Crippen molar-refractivity contribution in [3.05, 3.63) is 81.6 Å². The normalized spacial score (nSPS) is 9.62. The Hall–Kier alpha value is 0.648. The molecule has 0 bridgehead atoms. The van der Waals surface area contributed by atoms with Gasteiger partial charge in [0.05, 0.1) is 0 Å². The van der Waals surface area contributed by atoms with Crippen molar-refractivity contribution in [1.29, 1.82) is 0 Å². The second kappa shape index (κ2) is 13.0. The van der Waals surface area contributed by atoms with Gasteiger partial charge in [0.2, 0.25) is 0 Å². The van der Waals surface area contributed by atoms with Gasteiger partial charge in [-0.25, -0.2) is 0 Å². The molecule has 0 fully saturated rings. The summed E-state index contributed by atoms with van der Waals surface area (Å²) < 4.78 is 0. The van der Waals surface area contributed by atoms with Gasteiger partial charge in [0.25, 0.3) is 0 Å². The molecular formula is C24H32Y2-4. The summed E-state index contributed by atoms with van der Waals surface area (Å²) in [6.07, 6.45) is 1.68. The van der Waals surface area contributed by atoms with Crippen LogP contribution in [0.3, 0.4) is 0 Å². The largest absolute Gasteiger partial charge is 0.341 e. The standard InChI is InChI=1S/2C12H16.2Y/c2*1-6-12-7-8(2)9(3)10(4)11(12)5;;/h2*1,6H2,2-5H3;;/q2*-2;;. The first-order valence-corrected chi connectivity index (χ1v) is 8.71. The van der Waals surface area contributed by atoms with E-state index in [1.54, 1.807) is 0 Å². The SMILES string of the molecule is [CH2-]Cc1[c-]c(C)c(C)c(C)c1C.[CH2-]Cc1[c-]c(C)c(C)c(C)c1C.[Y].[Y]. The van der Waals surface area contributed by atoms with Crippen LogP contribution in [0.5, 0.6) is 0 Å². The van der Waals surface area contributed by atoms with Gasteiger partial charge in [0, 0.05) is 65.4 Å². The van der Waals surface area contributed by atoms with Crippen molar-refractivity contribution < 1.29 is 65.4 Å². The Bertz CT molecular complexity index is 664. The fourth-order valence-corrected chi connectivity index (χ4v) is 2.91. The van der Waals surface area contributed by atoms with Crippen LogP contribution in [0.15, 0.2) is 0 Å². The smallest absolute Gasteiger partial charge is 0 e. The fraction of sp³-hybridized carbons (Fsp3) is 0.417. The number of rotatable bonds is 2. The molecular weight excluding hydrogens is 466 g/mol. The van der Waals surface area contributed by atoms with Gasteiger partial charge >= 0.3 is 0 Å². The summed E-state index contributed by atoms with van der Waals surface area (Å²) in [6, 6.07) is 6.74. The van der Waals surface area contributed by atoms with Gasteiger partial charge in [0.15, 0.2) is 0 Å². The Morgan fingerprint density at radius 3 is 1.00 bits per heavy atom. The van der Waals surface area contributed by atoms with Gasteiger partial charge in [-0.05, 0) is 0 Å². The Kier molecular flexibility index (Phi) is 14.4. The van der Waals surface area contributed by atoms with E-state index in [4.69, 9.17) is 0 Å². The van der Waals surface area contributed by atoms with Crippen LogP contribution in [-0.4, -0.2) is 0 Å². The quantitative estimate of drug-likeness (QED) is 0.434. The maximum atomic E-state index is 3.90. The zero-order valence-electron chi connectivity index (χ0n) is 18.0. The molecule has 138 valence electrons. The molecule has 26 heavy (non-hydrogen) atoms. The molecule has 2 aromatic carbocycles. The summed E-state index contributed by atoms with van der Waals surface area (Å²) in [7, 11) is 0. The first-order chi connectivity index (χ1) is 11.1. The van der Waals surface area contributed by atoms with E-state index in [1.165, 1.54) is 55.6 Å². The van der Waals surface area contributed by atoms with E-state index in [0.29, 0.717) is 0 Å². The van der Waals surface area contributed by atoms with Crippen LogP contribution in [0.4, 0.5) is 0 Å². The molecule has 2 rings (SSSR count). The zero-order valence-corrected chi connectivity index (χ0v) is 23.7. The molecule has 0 aromatic heterocycles. The van der Waals surface area contributed by atoms with Crippen molar-refractivity contribution in [2.75, 3.05) is 0 Å². The molecule has 2 heteroatoms. The molecule has 2 radical (unpaired) electrons. The summed E-state index contributed by atoms with van der Waals surface area (Å²) in [5.74, 6) is 0. The first-order valence-electron chi connectivity index (χ1n) is 8.71. The third kappa shape index (κ3) is 6.91. The number of benzene rings is 2. The second-order valence-electron chi connectivity index (χ2n) is 6.71. The van der Waals surface area contributed by atoms with E-state index in [2.05, 4.69) is 81.4 Å².